The highest BCUT2D eigenvalue weighted by Gasteiger charge is 2.20. The minimum Gasteiger partial charge on any atom is -0.497 e. The van der Waals surface area contributed by atoms with Gasteiger partial charge in [-0.1, -0.05) is 13.0 Å². The molecule has 1 atom stereocenters. The molecule has 174 valence electrons. The summed E-state index contributed by atoms with van der Waals surface area (Å²) in [6.07, 6.45) is -0.238. The molecule has 8 heteroatoms. The molecule has 1 amide bonds. The predicted molar refractivity (Wildman–Crippen MR) is 129 cm³/mol. The summed E-state index contributed by atoms with van der Waals surface area (Å²) in [7, 11) is -2.18. The summed E-state index contributed by atoms with van der Waals surface area (Å²) in [5.41, 5.74) is 3.05. The van der Waals surface area contributed by atoms with E-state index in [1.165, 1.54) is 12.1 Å². The summed E-state index contributed by atoms with van der Waals surface area (Å²) >= 11 is 0. The molecule has 0 spiro atoms. The van der Waals surface area contributed by atoms with Gasteiger partial charge in [0.2, 0.25) is 0 Å². The summed E-state index contributed by atoms with van der Waals surface area (Å²) in [5.74, 6) is 0.927. The van der Waals surface area contributed by atoms with Crippen LogP contribution >= 0.6 is 0 Å². The number of hydrogen-bond donors (Lipinski definition) is 2. The zero-order valence-corrected chi connectivity index (χ0v) is 19.9. The SMILES string of the molecule is CC[C@@H](Oc1ccc(OC)cc1)C(=O)Nc1ccc(S(=O)(=O)Nc2ccc(C)c(C)c2)cc1. The molecule has 3 rings (SSSR count). The van der Waals surface area contributed by atoms with Crippen molar-refractivity contribution in [3.8, 4) is 11.5 Å². The molecule has 0 aliphatic heterocycles. The fraction of sp³-hybridized carbons (Fsp3) is 0.240. The molecular weight excluding hydrogens is 440 g/mol. The number of carbonyl (C=O) groups excluding carboxylic acids is 1. The number of sulfonamides is 1. The van der Waals surface area contributed by atoms with Crippen LogP contribution < -0.4 is 19.5 Å². The van der Waals surface area contributed by atoms with Gasteiger partial charge in [0, 0.05) is 11.4 Å². The van der Waals surface area contributed by atoms with Crippen LogP contribution in [-0.2, 0) is 14.8 Å². The fourth-order valence-electron chi connectivity index (χ4n) is 3.10. The Hall–Kier alpha value is -3.52. The maximum atomic E-state index is 12.7. The molecule has 0 aromatic heterocycles. The van der Waals surface area contributed by atoms with Gasteiger partial charge in [-0.3, -0.25) is 9.52 Å². The van der Waals surface area contributed by atoms with Gasteiger partial charge in [-0.15, -0.1) is 0 Å². The number of benzene rings is 3. The molecule has 0 aliphatic carbocycles. The number of carbonyl (C=O) groups is 1. The smallest absolute Gasteiger partial charge is 0.265 e. The molecule has 33 heavy (non-hydrogen) atoms. The Bertz CT molecular complexity index is 1210. The van der Waals surface area contributed by atoms with Crippen molar-refractivity contribution in [3.05, 3.63) is 77.9 Å². The lowest BCUT2D eigenvalue weighted by atomic mass is 10.1. The molecule has 3 aromatic carbocycles. The Balaban J connectivity index is 1.65. The van der Waals surface area contributed by atoms with Crippen LogP contribution in [0.1, 0.15) is 24.5 Å². The quantitative estimate of drug-likeness (QED) is 0.465. The minimum atomic E-state index is -3.75. The van der Waals surface area contributed by atoms with E-state index in [4.69, 9.17) is 9.47 Å². The third kappa shape index (κ3) is 6.26. The van der Waals surface area contributed by atoms with E-state index < -0.39 is 16.1 Å². The molecule has 0 saturated carbocycles. The molecule has 0 bridgehead atoms. The number of hydrogen-bond acceptors (Lipinski definition) is 5. The molecule has 7 nitrogen and oxygen atoms in total. The Labute approximate surface area is 194 Å². The minimum absolute atomic E-state index is 0.0975. The summed E-state index contributed by atoms with van der Waals surface area (Å²) in [5, 5.41) is 2.77. The molecule has 0 aliphatic rings. The van der Waals surface area contributed by atoms with E-state index in [0.29, 0.717) is 29.3 Å². The lowest BCUT2D eigenvalue weighted by Gasteiger charge is -2.17. The zero-order valence-electron chi connectivity index (χ0n) is 19.1. The van der Waals surface area contributed by atoms with E-state index in [1.807, 2.05) is 26.8 Å². The highest BCUT2D eigenvalue weighted by molar-refractivity contribution is 7.92. The monoisotopic (exact) mass is 468 g/mol. The first-order valence-electron chi connectivity index (χ1n) is 10.5. The second kappa shape index (κ2) is 10.4. The molecule has 0 saturated heterocycles. The normalized spacial score (nSPS) is 12.0. The highest BCUT2D eigenvalue weighted by atomic mass is 32.2. The van der Waals surface area contributed by atoms with Gasteiger partial charge in [-0.05, 0) is 92.1 Å². The van der Waals surface area contributed by atoms with E-state index in [0.717, 1.165) is 11.1 Å². The van der Waals surface area contributed by atoms with Crippen molar-refractivity contribution in [2.45, 2.75) is 38.2 Å². The number of methoxy groups -OCH3 is 1. The van der Waals surface area contributed by atoms with Crippen molar-refractivity contribution in [2.24, 2.45) is 0 Å². The third-order valence-electron chi connectivity index (χ3n) is 5.19. The van der Waals surface area contributed by atoms with Crippen LogP contribution in [0, 0.1) is 13.8 Å². The van der Waals surface area contributed by atoms with E-state index in [2.05, 4.69) is 10.0 Å². The number of nitrogens with one attached hydrogen (secondary N) is 2. The summed E-state index contributed by atoms with van der Waals surface area (Å²) in [4.78, 5) is 12.8. The van der Waals surface area contributed by atoms with Gasteiger partial charge in [-0.2, -0.15) is 0 Å². The summed E-state index contributed by atoms with van der Waals surface area (Å²) in [6, 6.07) is 18.3. The van der Waals surface area contributed by atoms with Crippen molar-refractivity contribution in [1.82, 2.24) is 0 Å². The third-order valence-corrected chi connectivity index (χ3v) is 6.59. The molecule has 0 unspecified atom stereocenters. The fourth-order valence-corrected chi connectivity index (χ4v) is 4.15. The summed E-state index contributed by atoms with van der Waals surface area (Å²) in [6.45, 7) is 5.74. The highest BCUT2D eigenvalue weighted by Crippen LogP contribution is 2.22. The Morgan fingerprint density at radius 1 is 0.879 bits per heavy atom. The standard InChI is InChI=1S/C25H28N2O5S/c1-5-24(32-22-12-10-21(31-4)11-13-22)25(28)26-19-8-14-23(15-9-19)33(29,30)27-20-7-6-17(2)18(3)16-20/h6-16,24,27H,5H2,1-4H3,(H,26,28)/t24-/m1/s1. The van der Waals surface area contributed by atoms with Crippen LogP contribution in [0.5, 0.6) is 11.5 Å². The Kier molecular flexibility index (Phi) is 7.60. The number of ether oxygens (including phenoxy) is 2. The van der Waals surface area contributed by atoms with Crippen LogP contribution in [0.25, 0.3) is 0 Å². The largest absolute Gasteiger partial charge is 0.497 e. The van der Waals surface area contributed by atoms with E-state index in [9.17, 15) is 13.2 Å². The maximum absolute atomic E-state index is 12.7. The van der Waals surface area contributed by atoms with Crippen LogP contribution in [0.15, 0.2) is 71.6 Å². The molecule has 2 N–H and O–H groups in total. The van der Waals surface area contributed by atoms with Crippen molar-refractivity contribution in [2.75, 3.05) is 17.1 Å². The number of anilines is 2. The first-order valence-corrected chi connectivity index (χ1v) is 12.0. The first-order chi connectivity index (χ1) is 15.7. The van der Waals surface area contributed by atoms with Crippen LogP contribution in [-0.4, -0.2) is 27.5 Å². The van der Waals surface area contributed by atoms with Crippen LogP contribution in [0.4, 0.5) is 11.4 Å². The van der Waals surface area contributed by atoms with E-state index in [1.54, 1.807) is 55.6 Å². The van der Waals surface area contributed by atoms with E-state index >= 15 is 0 Å². The van der Waals surface area contributed by atoms with Gasteiger partial charge in [0.25, 0.3) is 15.9 Å². The maximum Gasteiger partial charge on any atom is 0.265 e. The van der Waals surface area contributed by atoms with Gasteiger partial charge in [-0.25, -0.2) is 8.42 Å². The van der Waals surface area contributed by atoms with Crippen LogP contribution in [0.3, 0.4) is 0 Å². The number of amides is 1. The van der Waals surface area contributed by atoms with Gasteiger partial charge in [0.15, 0.2) is 6.10 Å². The number of aryl methyl sites for hydroxylation is 2. The summed E-state index contributed by atoms with van der Waals surface area (Å²) < 4.78 is 38.9. The Morgan fingerprint density at radius 3 is 2.06 bits per heavy atom. The molecular formula is C25H28N2O5S. The van der Waals surface area contributed by atoms with Crippen molar-refractivity contribution in [1.29, 1.82) is 0 Å². The van der Waals surface area contributed by atoms with Gasteiger partial charge >= 0.3 is 0 Å². The average Bonchev–Trinajstić information content (AvgIpc) is 2.80. The number of rotatable bonds is 9. The lowest BCUT2D eigenvalue weighted by molar-refractivity contribution is -0.122. The van der Waals surface area contributed by atoms with Gasteiger partial charge in [0.05, 0.1) is 12.0 Å². The van der Waals surface area contributed by atoms with Gasteiger partial charge < -0.3 is 14.8 Å². The molecule has 3 aromatic rings. The topological polar surface area (TPSA) is 93.7 Å². The van der Waals surface area contributed by atoms with E-state index in [-0.39, 0.29) is 10.8 Å². The average molecular weight is 469 g/mol. The van der Waals surface area contributed by atoms with Crippen LogP contribution in [0.2, 0.25) is 0 Å². The lowest BCUT2D eigenvalue weighted by Crippen LogP contribution is -2.32. The zero-order chi connectivity index (χ0) is 24.0. The first kappa shape index (κ1) is 24.1. The van der Waals surface area contributed by atoms with Crippen molar-refractivity contribution in [3.63, 3.8) is 0 Å². The second-order valence-electron chi connectivity index (χ2n) is 7.61. The predicted octanol–water partition coefficient (Wildman–Crippen LogP) is 4.91. The molecule has 0 fully saturated rings. The van der Waals surface area contributed by atoms with Gasteiger partial charge in [0.1, 0.15) is 11.5 Å². The van der Waals surface area contributed by atoms with Crippen molar-refractivity contribution < 1.29 is 22.7 Å². The molecule has 0 radical (unpaired) electrons. The second-order valence-corrected chi connectivity index (χ2v) is 9.29. The van der Waals surface area contributed by atoms with Crippen molar-refractivity contribution >= 4 is 27.3 Å². The molecule has 0 heterocycles. The Morgan fingerprint density at radius 2 is 1.48 bits per heavy atom.